The van der Waals surface area contributed by atoms with Crippen LogP contribution in [0.5, 0.6) is 0 Å². The summed E-state index contributed by atoms with van der Waals surface area (Å²) in [5.74, 6) is 1.14. The van der Waals surface area contributed by atoms with Gasteiger partial charge in [0, 0.05) is 48.7 Å². The average Bonchev–Trinajstić information content (AvgIpc) is 3.33. The molecule has 128 valence electrons. The monoisotopic (exact) mass is 353 g/mol. The molecule has 1 aliphatic heterocycles. The minimum atomic E-state index is 0.0441. The molecule has 7 heteroatoms. The molecule has 0 N–H and O–H groups in total. The molecular weight excluding hydrogens is 334 g/mol. The fourth-order valence-corrected chi connectivity index (χ4v) is 4.07. The van der Waals surface area contributed by atoms with Crippen LogP contribution in [0.2, 0.25) is 0 Å². The van der Waals surface area contributed by atoms with Gasteiger partial charge >= 0.3 is 0 Å². The van der Waals surface area contributed by atoms with Gasteiger partial charge in [0.25, 0.3) is 5.91 Å². The van der Waals surface area contributed by atoms with Crippen molar-refractivity contribution >= 4 is 17.2 Å². The lowest BCUT2D eigenvalue weighted by atomic mass is 9.98. The van der Waals surface area contributed by atoms with Crippen molar-refractivity contribution in [3.63, 3.8) is 0 Å². The second-order valence-electron chi connectivity index (χ2n) is 6.27. The van der Waals surface area contributed by atoms with Crippen molar-refractivity contribution in [3.05, 3.63) is 58.7 Å². The van der Waals surface area contributed by atoms with Crippen LogP contribution in [-0.2, 0) is 0 Å². The second kappa shape index (κ2) is 6.76. The van der Waals surface area contributed by atoms with Gasteiger partial charge in [-0.2, -0.15) is 0 Å². The fraction of sp³-hybridized carbons (Fsp3) is 0.333. The van der Waals surface area contributed by atoms with E-state index in [2.05, 4.69) is 21.9 Å². The highest BCUT2D eigenvalue weighted by atomic mass is 32.1. The number of thiazole rings is 1. The number of imidazole rings is 1. The molecule has 0 aromatic carbocycles. The first-order valence-corrected chi connectivity index (χ1v) is 9.18. The Kier molecular flexibility index (Phi) is 4.31. The number of carbonyl (C=O) groups excluding carboxylic acids is 1. The van der Waals surface area contributed by atoms with Crippen molar-refractivity contribution in [1.29, 1.82) is 0 Å². The van der Waals surface area contributed by atoms with Crippen LogP contribution in [0.25, 0.3) is 5.82 Å². The molecule has 3 aromatic rings. The van der Waals surface area contributed by atoms with E-state index >= 15 is 0 Å². The van der Waals surface area contributed by atoms with Crippen molar-refractivity contribution in [2.75, 3.05) is 13.1 Å². The predicted molar refractivity (Wildman–Crippen MR) is 96.1 cm³/mol. The number of hydrogen-bond donors (Lipinski definition) is 0. The minimum absolute atomic E-state index is 0.0441. The van der Waals surface area contributed by atoms with Crippen LogP contribution in [-0.4, -0.2) is 43.4 Å². The Balaban J connectivity index is 1.48. The Bertz CT molecular complexity index is 856. The number of likely N-dealkylation sites (tertiary alicyclic amines) is 1. The highest BCUT2D eigenvalue weighted by molar-refractivity contribution is 7.11. The highest BCUT2D eigenvalue weighted by Gasteiger charge is 2.27. The number of rotatable bonds is 3. The molecule has 1 amide bonds. The molecule has 0 unspecified atom stereocenters. The molecule has 1 fully saturated rings. The van der Waals surface area contributed by atoms with Crippen LogP contribution in [0, 0.1) is 6.92 Å². The van der Waals surface area contributed by atoms with Crippen molar-refractivity contribution in [2.24, 2.45) is 0 Å². The lowest BCUT2D eigenvalue weighted by Gasteiger charge is -2.31. The molecular formula is C18H19N5OS. The quantitative estimate of drug-likeness (QED) is 0.726. The number of carbonyl (C=O) groups is 1. The van der Waals surface area contributed by atoms with Gasteiger partial charge in [-0.15, -0.1) is 11.3 Å². The number of aryl methyl sites for hydroxylation is 1. The first-order chi connectivity index (χ1) is 12.2. The van der Waals surface area contributed by atoms with E-state index in [9.17, 15) is 4.79 Å². The maximum Gasteiger partial charge on any atom is 0.255 e. The number of piperidine rings is 1. The maximum absolute atomic E-state index is 12.8. The topological polar surface area (TPSA) is 63.9 Å². The van der Waals surface area contributed by atoms with Crippen LogP contribution >= 0.6 is 11.3 Å². The van der Waals surface area contributed by atoms with Gasteiger partial charge in [0.15, 0.2) is 0 Å². The zero-order valence-corrected chi connectivity index (χ0v) is 14.8. The van der Waals surface area contributed by atoms with Gasteiger partial charge in [-0.25, -0.2) is 15.0 Å². The smallest absolute Gasteiger partial charge is 0.255 e. The zero-order valence-electron chi connectivity index (χ0n) is 14.0. The van der Waals surface area contributed by atoms with Crippen LogP contribution in [0.4, 0.5) is 0 Å². The summed E-state index contributed by atoms with van der Waals surface area (Å²) in [5.41, 5.74) is 0.625. The van der Waals surface area contributed by atoms with E-state index in [4.69, 9.17) is 0 Å². The summed E-state index contributed by atoms with van der Waals surface area (Å²) >= 11 is 1.73. The summed E-state index contributed by atoms with van der Waals surface area (Å²) in [5, 5.41) is 1.14. The lowest BCUT2D eigenvalue weighted by molar-refractivity contribution is 0.0706. The minimum Gasteiger partial charge on any atom is -0.338 e. The molecule has 4 rings (SSSR count). The van der Waals surface area contributed by atoms with Crippen molar-refractivity contribution in [3.8, 4) is 5.82 Å². The zero-order chi connectivity index (χ0) is 17.2. The molecule has 4 heterocycles. The second-order valence-corrected chi connectivity index (χ2v) is 7.54. The van der Waals surface area contributed by atoms with Crippen LogP contribution in [0.15, 0.2) is 43.2 Å². The number of nitrogens with zero attached hydrogens (tertiary/aromatic N) is 5. The molecule has 0 radical (unpaired) electrons. The van der Waals surface area contributed by atoms with Gasteiger partial charge in [-0.05, 0) is 31.9 Å². The summed E-state index contributed by atoms with van der Waals surface area (Å²) < 4.78 is 1.82. The molecule has 0 bridgehead atoms. The van der Waals surface area contributed by atoms with E-state index in [1.54, 1.807) is 30.1 Å². The van der Waals surface area contributed by atoms with E-state index < -0.39 is 0 Å². The van der Waals surface area contributed by atoms with E-state index in [-0.39, 0.29) is 5.91 Å². The molecule has 0 aliphatic carbocycles. The molecule has 1 saturated heterocycles. The molecule has 0 spiro atoms. The molecule has 0 saturated carbocycles. The van der Waals surface area contributed by atoms with E-state index in [0.717, 1.165) is 36.8 Å². The Morgan fingerprint density at radius 1 is 1.28 bits per heavy atom. The Morgan fingerprint density at radius 2 is 2.20 bits per heavy atom. The third kappa shape index (κ3) is 3.32. The number of amides is 1. The van der Waals surface area contributed by atoms with Gasteiger partial charge in [-0.3, -0.25) is 9.36 Å². The molecule has 6 nitrogen and oxygen atoms in total. The molecule has 3 aromatic heterocycles. The predicted octanol–water partition coefficient (Wildman–Crippen LogP) is 3.05. The van der Waals surface area contributed by atoms with Crippen LogP contribution in [0.1, 0.15) is 39.0 Å². The largest absolute Gasteiger partial charge is 0.338 e. The van der Waals surface area contributed by atoms with Crippen LogP contribution in [0.3, 0.4) is 0 Å². The maximum atomic E-state index is 12.8. The van der Waals surface area contributed by atoms with Crippen molar-refractivity contribution < 1.29 is 4.79 Å². The van der Waals surface area contributed by atoms with Crippen LogP contribution < -0.4 is 0 Å². The van der Waals surface area contributed by atoms with Gasteiger partial charge in [0.2, 0.25) is 0 Å². The Morgan fingerprint density at radius 3 is 2.88 bits per heavy atom. The molecule has 25 heavy (non-hydrogen) atoms. The first-order valence-electron chi connectivity index (χ1n) is 8.36. The lowest BCUT2D eigenvalue weighted by Crippen LogP contribution is -2.39. The molecule has 1 aliphatic rings. The standard InChI is InChI=1S/C18H19N5OS/c1-13-9-21-17(25-13)15-3-2-7-22(11-15)18(24)14-4-5-16(20-10-14)23-8-6-19-12-23/h4-6,8-10,12,15H,2-3,7,11H2,1H3/t15-/m0/s1. The summed E-state index contributed by atoms with van der Waals surface area (Å²) in [4.78, 5) is 28.9. The van der Waals surface area contributed by atoms with Crippen molar-refractivity contribution in [1.82, 2.24) is 24.4 Å². The highest BCUT2D eigenvalue weighted by Crippen LogP contribution is 2.30. The Hall–Kier alpha value is -2.54. The number of hydrogen-bond acceptors (Lipinski definition) is 5. The summed E-state index contributed by atoms with van der Waals surface area (Å²) in [7, 11) is 0. The number of pyridine rings is 1. The number of aromatic nitrogens is 4. The van der Waals surface area contributed by atoms with Gasteiger partial charge in [-0.1, -0.05) is 0 Å². The van der Waals surface area contributed by atoms with E-state index in [1.807, 2.05) is 34.0 Å². The normalized spacial score (nSPS) is 17.6. The first kappa shape index (κ1) is 16.0. The molecule has 1 atom stereocenters. The van der Waals surface area contributed by atoms with Gasteiger partial charge < -0.3 is 4.90 Å². The van der Waals surface area contributed by atoms with Gasteiger partial charge in [0.1, 0.15) is 12.1 Å². The van der Waals surface area contributed by atoms with E-state index in [0.29, 0.717) is 11.5 Å². The average molecular weight is 353 g/mol. The summed E-state index contributed by atoms with van der Waals surface area (Å²) in [6.45, 7) is 3.60. The van der Waals surface area contributed by atoms with Crippen molar-refractivity contribution in [2.45, 2.75) is 25.7 Å². The SMILES string of the molecule is Cc1cnc([C@H]2CCCN(C(=O)c3ccc(-n4ccnc4)nc3)C2)s1. The summed E-state index contributed by atoms with van der Waals surface area (Å²) in [6, 6.07) is 3.68. The third-order valence-corrected chi connectivity index (χ3v) is 5.54. The van der Waals surface area contributed by atoms with Gasteiger partial charge in [0.05, 0.1) is 10.6 Å². The summed E-state index contributed by atoms with van der Waals surface area (Å²) in [6.07, 6.45) is 10.9. The van der Waals surface area contributed by atoms with E-state index in [1.165, 1.54) is 4.88 Å². The fourth-order valence-electron chi connectivity index (χ4n) is 3.17. The Labute approximate surface area is 150 Å². The third-order valence-electron chi connectivity index (χ3n) is 4.46.